The fourth-order valence-corrected chi connectivity index (χ4v) is 5.36. The van der Waals surface area contributed by atoms with E-state index in [-0.39, 0.29) is 18.5 Å². The van der Waals surface area contributed by atoms with Gasteiger partial charge in [-0.05, 0) is 47.5 Å². The molecular weight excluding hydrogens is 676 g/mol. The standard InChI is InChI=1S/C18H15N3O2.C10H7N3O.C8H9ClO.2C2H6.CH4/c1-23-13-8-6-12(7-9-13)10-21-11-15-14-4-2-3-5-16(14)19-18(22)17(15)20-21;14-10-9-7(5-11-13-9)6-3-1-2-4-8(6)12-10;1-10-8-4-2-7(6-9)3-5-8;2*1-2;/h2-9,11H,10H2,1H3,(H,19,22);1-5H,(H,11,13)(H,12,14);2-5H,6H2,1H3;2*1-2H3;1H4. The Morgan fingerprint density at radius 1 is 0.654 bits per heavy atom. The summed E-state index contributed by atoms with van der Waals surface area (Å²) in [4.78, 5) is 29.4. The number of halogens is 1. The lowest BCUT2D eigenvalue weighted by Crippen LogP contribution is -2.07. The fourth-order valence-electron chi connectivity index (χ4n) is 5.18. The minimum absolute atomic E-state index is 0. The number of hydrogen-bond acceptors (Lipinski definition) is 6. The number of rotatable bonds is 5. The van der Waals surface area contributed by atoms with E-state index in [1.165, 1.54) is 0 Å². The molecule has 0 bridgehead atoms. The molecule has 4 aromatic carbocycles. The second kappa shape index (κ2) is 20.1. The molecule has 0 spiro atoms. The Hall–Kier alpha value is -5.87. The van der Waals surface area contributed by atoms with Crippen LogP contribution < -0.4 is 20.6 Å². The van der Waals surface area contributed by atoms with Crippen molar-refractivity contribution >= 4 is 55.2 Å². The number of para-hydroxylation sites is 2. The summed E-state index contributed by atoms with van der Waals surface area (Å²) in [6.07, 6.45) is 3.60. The van der Waals surface area contributed by atoms with Crippen molar-refractivity contribution in [1.82, 2.24) is 29.9 Å². The summed E-state index contributed by atoms with van der Waals surface area (Å²) in [7, 11) is 3.29. The average Bonchev–Trinajstić information content (AvgIpc) is 3.87. The third-order valence-electron chi connectivity index (χ3n) is 7.59. The second-order valence-corrected chi connectivity index (χ2v) is 10.8. The second-order valence-electron chi connectivity index (χ2n) is 10.6. The van der Waals surface area contributed by atoms with Gasteiger partial charge in [-0.1, -0.05) is 95.8 Å². The smallest absolute Gasteiger partial charge is 0.276 e. The highest BCUT2D eigenvalue weighted by Crippen LogP contribution is 2.21. The van der Waals surface area contributed by atoms with E-state index in [1.54, 1.807) is 25.1 Å². The van der Waals surface area contributed by atoms with Crippen LogP contribution in [0.25, 0.3) is 43.6 Å². The molecule has 0 saturated carbocycles. The molecule has 52 heavy (non-hydrogen) atoms. The number of ether oxygens (including phenoxy) is 2. The number of methoxy groups -OCH3 is 2. The summed E-state index contributed by atoms with van der Waals surface area (Å²) < 4.78 is 11.9. The first-order valence-corrected chi connectivity index (χ1v) is 17.2. The van der Waals surface area contributed by atoms with Gasteiger partial charge in [0.15, 0.2) is 5.52 Å². The van der Waals surface area contributed by atoms with Gasteiger partial charge in [-0.25, -0.2) is 0 Å². The molecule has 0 aliphatic carbocycles. The highest BCUT2D eigenvalue weighted by atomic mass is 35.5. The van der Waals surface area contributed by atoms with Gasteiger partial charge in [-0.3, -0.25) is 19.4 Å². The number of nitrogens with one attached hydrogen (secondary N) is 3. The number of nitrogens with zero attached hydrogens (tertiary/aromatic N) is 3. The minimum atomic E-state index is -0.160. The van der Waals surface area contributed by atoms with Crippen LogP contribution in [0.2, 0.25) is 0 Å². The van der Waals surface area contributed by atoms with Gasteiger partial charge in [0.1, 0.15) is 17.0 Å². The molecule has 10 nitrogen and oxygen atoms in total. The summed E-state index contributed by atoms with van der Waals surface area (Å²) in [5.41, 5.74) is 4.59. The molecule has 0 atom stereocenters. The molecule has 0 aliphatic rings. The SMILES string of the molecule is C.CC.CC.COc1ccc(CCl)cc1.COc1ccc(Cn2cc3c(n2)c(=O)[nH]c2ccccc23)cc1.O=c1[nH]c2ccccc2c2cn[nH]c12. The number of pyridine rings is 2. The van der Waals surface area contributed by atoms with E-state index in [4.69, 9.17) is 21.1 Å². The Labute approximate surface area is 308 Å². The van der Waals surface area contributed by atoms with Crippen LogP contribution in [-0.4, -0.2) is 44.2 Å². The molecule has 3 N–H and O–H groups in total. The Kier molecular flexibility index (Phi) is 15.7. The fraction of sp³-hybridized carbons (Fsp3) is 0.220. The topological polar surface area (TPSA) is 131 Å². The van der Waals surface area contributed by atoms with Gasteiger partial charge in [-0.2, -0.15) is 10.2 Å². The highest BCUT2D eigenvalue weighted by molar-refractivity contribution is 6.17. The lowest BCUT2D eigenvalue weighted by molar-refractivity contribution is 0.414. The van der Waals surface area contributed by atoms with Crippen LogP contribution in [0, 0.1) is 0 Å². The van der Waals surface area contributed by atoms with Crippen molar-refractivity contribution < 1.29 is 9.47 Å². The molecule has 4 heterocycles. The van der Waals surface area contributed by atoms with Crippen molar-refractivity contribution in [2.75, 3.05) is 14.2 Å². The maximum absolute atomic E-state index is 12.2. The van der Waals surface area contributed by atoms with Crippen LogP contribution in [0.1, 0.15) is 46.2 Å². The summed E-state index contributed by atoms with van der Waals surface area (Å²) in [6, 6.07) is 31.0. The molecule has 0 unspecified atom stereocenters. The van der Waals surface area contributed by atoms with Gasteiger partial charge in [0, 0.05) is 44.7 Å². The Balaban J connectivity index is 0.000000215. The van der Waals surface area contributed by atoms with Gasteiger partial charge in [0.05, 0.1) is 27.0 Å². The van der Waals surface area contributed by atoms with Gasteiger partial charge < -0.3 is 19.4 Å². The lowest BCUT2D eigenvalue weighted by atomic mass is 10.1. The van der Waals surface area contributed by atoms with Gasteiger partial charge in [0.25, 0.3) is 11.1 Å². The molecular formula is C41H47ClN6O4. The molecule has 8 aromatic rings. The zero-order chi connectivity index (χ0) is 36.8. The van der Waals surface area contributed by atoms with Crippen LogP contribution in [0.5, 0.6) is 11.5 Å². The predicted molar refractivity (Wildman–Crippen MR) is 216 cm³/mol. The molecule has 11 heteroatoms. The van der Waals surface area contributed by atoms with Crippen LogP contribution in [-0.2, 0) is 12.4 Å². The van der Waals surface area contributed by atoms with E-state index < -0.39 is 0 Å². The molecule has 272 valence electrons. The van der Waals surface area contributed by atoms with Crippen molar-refractivity contribution in [2.24, 2.45) is 0 Å². The summed E-state index contributed by atoms with van der Waals surface area (Å²) in [5, 5.41) is 14.7. The van der Waals surface area contributed by atoms with E-state index in [9.17, 15) is 9.59 Å². The first kappa shape index (κ1) is 40.6. The number of alkyl halides is 1. The normalized spacial score (nSPS) is 9.98. The largest absolute Gasteiger partial charge is 0.497 e. The highest BCUT2D eigenvalue weighted by Gasteiger charge is 2.10. The number of fused-ring (bicyclic) bond motifs is 6. The number of hydrogen-bond donors (Lipinski definition) is 3. The first-order chi connectivity index (χ1) is 25.0. The van der Waals surface area contributed by atoms with Crippen molar-refractivity contribution in [2.45, 2.75) is 47.5 Å². The molecule has 0 fully saturated rings. The van der Waals surface area contributed by atoms with E-state index in [2.05, 4.69) is 25.3 Å². The van der Waals surface area contributed by atoms with Gasteiger partial charge >= 0.3 is 0 Å². The lowest BCUT2D eigenvalue weighted by Gasteiger charge is -2.03. The van der Waals surface area contributed by atoms with E-state index in [0.717, 1.165) is 55.2 Å². The number of aromatic nitrogens is 6. The van der Waals surface area contributed by atoms with Crippen LogP contribution in [0.15, 0.2) is 119 Å². The third-order valence-corrected chi connectivity index (χ3v) is 7.90. The Morgan fingerprint density at radius 3 is 1.69 bits per heavy atom. The maximum atomic E-state index is 12.2. The first-order valence-electron chi connectivity index (χ1n) is 16.7. The zero-order valence-electron chi connectivity index (χ0n) is 29.7. The monoisotopic (exact) mass is 722 g/mol. The quantitative estimate of drug-likeness (QED) is 0.152. The van der Waals surface area contributed by atoms with Crippen molar-refractivity contribution in [3.05, 3.63) is 141 Å². The Bertz CT molecular complexity index is 2370. The third kappa shape index (κ3) is 9.67. The van der Waals surface area contributed by atoms with E-state index >= 15 is 0 Å². The molecule has 0 aliphatic heterocycles. The predicted octanol–water partition coefficient (Wildman–Crippen LogP) is 9.46. The van der Waals surface area contributed by atoms with Crippen molar-refractivity contribution in [1.29, 1.82) is 0 Å². The zero-order valence-corrected chi connectivity index (χ0v) is 30.4. The molecule has 4 aromatic heterocycles. The van der Waals surface area contributed by atoms with Crippen molar-refractivity contribution in [3.8, 4) is 11.5 Å². The number of H-pyrrole nitrogens is 3. The molecule has 0 amide bonds. The molecule has 8 rings (SSSR count). The van der Waals surface area contributed by atoms with Gasteiger partial charge in [0.2, 0.25) is 0 Å². The van der Waals surface area contributed by atoms with E-state index in [1.807, 2.05) is 131 Å². The maximum Gasteiger partial charge on any atom is 0.276 e. The summed E-state index contributed by atoms with van der Waals surface area (Å²) >= 11 is 5.58. The summed E-state index contributed by atoms with van der Waals surface area (Å²) in [5.74, 6) is 2.25. The van der Waals surface area contributed by atoms with Crippen LogP contribution in [0.3, 0.4) is 0 Å². The molecule has 0 radical (unpaired) electrons. The van der Waals surface area contributed by atoms with Gasteiger partial charge in [-0.15, -0.1) is 11.6 Å². The van der Waals surface area contributed by atoms with Crippen molar-refractivity contribution in [3.63, 3.8) is 0 Å². The minimum Gasteiger partial charge on any atom is -0.497 e. The Morgan fingerprint density at radius 2 is 1.15 bits per heavy atom. The van der Waals surface area contributed by atoms with Crippen LogP contribution in [0.4, 0.5) is 0 Å². The number of aromatic amines is 3. The summed E-state index contributed by atoms with van der Waals surface area (Å²) in [6.45, 7) is 8.60. The molecule has 0 saturated heterocycles. The number of benzene rings is 4. The van der Waals surface area contributed by atoms with E-state index in [0.29, 0.717) is 23.5 Å². The average molecular weight is 723 g/mol. The van der Waals surface area contributed by atoms with Crippen LogP contribution >= 0.6 is 11.6 Å².